The molecule has 0 bridgehead atoms. The first-order chi connectivity index (χ1) is 13.2. The highest BCUT2D eigenvalue weighted by Crippen LogP contribution is 2.09. The number of amides is 1. The molecule has 0 unspecified atom stereocenters. The molecule has 0 fully saturated rings. The largest absolute Gasteiger partial charge is 0.319 e. The summed E-state index contributed by atoms with van der Waals surface area (Å²) in [6.45, 7) is 0.306. The van der Waals surface area contributed by atoms with Crippen LogP contribution >= 0.6 is 11.3 Å². The van der Waals surface area contributed by atoms with Gasteiger partial charge in [-0.25, -0.2) is 14.4 Å². The summed E-state index contributed by atoms with van der Waals surface area (Å²) in [6, 6.07) is 9.95. The number of hydrogen-bond donors (Lipinski definition) is 0. The van der Waals surface area contributed by atoms with E-state index in [0.717, 1.165) is 0 Å². The van der Waals surface area contributed by atoms with E-state index >= 15 is 0 Å². The van der Waals surface area contributed by atoms with Crippen LogP contribution in [0.25, 0.3) is 5.82 Å². The molecule has 0 radical (unpaired) electrons. The van der Waals surface area contributed by atoms with E-state index in [1.54, 1.807) is 64.4 Å². The Labute approximate surface area is 157 Å². The molecule has 8 heteroatoms. The fraction of sp³-hybridized carbons (Fsp3) is 0.0526. The van der Waals surface area contributed by atoms with Crippen molar-refractivity contribution in [1.82, 2.24) is 19.1 Å². The number of pyridine rings is 1. The topological polar surface area (TPSA) is 65.1 Å². The highest BCUT2D eigenvalue weighted by Gasteiger charge is 2.08. The van der Waals surface area contributed by atoms with Gasteiger partial charge in [-0.2, -0.15) is 4.99 Å². The molecule has 1 aromatic carbocycles. The van der Waals surface area contributed by atoms with Crippen molar-refractivity contribution in [3.8, 4) is 5.82 Å². The van der Waals surface area contributed by atoms with Gasteiger partial charge in [-0.3, -0.25) is 9.36 Å². The number of carbonyl (C=O) groups excluding carboxylic acids is 1. The summed E-state index contributed by atoms with van der Waals surface area (Å²) in [6.07, 6.45) is 8.32. The van der Waals surface area contributed by atoms with Crippen LogP contribution in [0.1, 0.15) is 15.9 Å². The average molecular weight is 379 g/mol. The summed E-state index contributed by atoms with van der Waals surface area (Å²) < 4.78 is 17.4. The molecule has 0 atom stereocenters. The van der Waals surface area contributed by atoms with Gasteiger partial charge in [0, 0.05) is 35.7 Å². The lowest BCUT2D eigenvalue weighted by Gasteiger charge is -2.04. The van der Waals surface area contributed by atoms with E-state index in [2.05, 4.69) is 15.0 Å². The first-order valence-electron chi connectivity index (χ1n) is 8.11. The van der Waals surface area contributed by atoms with Gasteiger partial charge in [0.1, 0.15) is 18.0 Å². The number of imidazole rings is 1. The van der Waals surface area contributed by atoms with Gasteiger partial charge in [-0.15, -0.1) is 11.3 Å². The van der Waals surface area contributed by atoms with Crippen LogP contribution in [0.4, 0.5) is 4.39 Å². The van der Waals surface area contributed by atoms with Gasteiger partial charge >= 0.3 is 0 Å². The standard InChI is InChI=1S/C19H14FN5OS/c20-16-4-2-1-3-15(16)12-24-9-10-27-19(24)23-18(26)14-5-6-17(22-11-14)25-8-7-21-13-25/h1-11,13H,12H2. The molecule has 0 saturated carbocycles. The molecule has 4 rings (SSSR count). The number of hydrogen-bond acceptors (Lipinski definition) is 4. The van der Waals surface area contributed by atoms with Crippen molar-refractivity contribution < 1.29 is 9.18 Å². The number of rotatable bonds is 4. The predicted octanol–water partition coefficient (Wildman–Crippen LogP) is 3.06. The van der Waals surface area contributed by atoms with Crippen molar-refractivity contribution in [2.75, 3.05) is 0 Å². The zero-order chi connectivity index (χ0) is 18.6. The quantitative estimate of drug-likeness (QED) is 0.547. The minimum absolute atomic E-state index is 0.284. The first-order valence-corrected chi connectivity index (χ1v) is 8.99. The van der Waals surface area contributed by atoms with Crippen molar-refractivity contribution in [1.29, 1.82) is 0 Å². The number of nitrogens with zero attached hydrogens (tertiary/aromatic N) is 5. The maximum Gasteiger partial charge on any atom is 0.281 e. The summed E-state index contributed by atoms with van der Waals surface area (Å²) in [5.41, 5.74) is 0.917. The summed E-state index contributed by atoms with van der Waals surface area (Å²) in [7, 11) is 0. The van der Waals surface area contributed by atoms with E-state index < -0.39 is 5.91 Å². The van der Waals surface area contributed by atoms with Crippen molar-refractivity contribution >= 4 is 17.2 Å². The average Bonchev–Trinajstić information content (AvgIpc) is 3.36. The van der Waals surface area contributed by atoms with Crippen LogP contribution in [0, 0.1) is 5.82 Å². The number of halogens is 1. The SMILES string of the molecule is O=C(N=c1sccn1Cc1ccccc1F)c1ccc(-n2ccnc2)nc1. The monoisotopic (exact) mass is 379 g/mol. The molecule has 3 heterocycles. The third kappa shape index (κ3) is 3.75. The van der Waals surface area contributed by atoms with Crippen molar-refractivity contribution in [2.24, 2.45) is 4.99 Å². The van der Waals surface area contributed by atoms with E-state index in [-0.39, 0.29) is 5.82 Å². The zero-order valence-electron chi connectivity index (χ0n) is 14.1. The fourth-order valence-electron chi connectivity index (χ4n) is 2.53. The van der Waals surface area contributed by atoms with Crippen LogP contribution in [-0.2, 0) is 6.54 Å². The third-order valence-corrected chi connectivity index (χ3v) is 4.71. The van der Waals surface area contributed by atoms with Gasteiger partial charge in [0.05, 0.1) is 12.1 Å². The molecule has 0 aliphatic carbocycles. The van der Waals surface area contributed by atoms with Gasteiger partial charge in [0.2, 0.25) is 0 Å². The molecule has 1 amide bonds. The molecule has 0 aliphatic rings. The molecule has 134 valence electrons. The Bertz CT molecular complexity index is 1130. The van der Waals surface area contributed by atoms with Crippen LogP contribution in [0.15, 0.2) is 77.9 Å². The molecular weight excluding hydrogens is 365 g/mol. The number of thiazole rings is 1. The van der Waals surface area contributed by atoms with Crippen LogP contribution in [0.3, 0.4) is 0 Å². The van der Waals surface area contributed by atoms with Crippen LogP contribution in [0.5, 0.6) is 0 Å². The fourth-order valence-corrected chi connectivity index (χ4v) is 3.25. The number of aromatic nitrogens is 4. The molecule has 3 aromatic heterocycles. The minimum atomic E-state index is -0.399. The number of benzene rings is 1. The summed E-state index contributed by atoms with van der Waals surface area (Å²) in [5, 5.41) is 1.81. The van der Waals surface area contributed by atoms with Gasteiger partial charge in [0.25, 0.3) is 5.91 Å². The predicted molar refractivity (Wildman–Crippen MR) is 99.1 cm³/mol. The second kappa shape index (κ2) is 7.46. The Morgan fingerprint density at radius 3 is 2.81 bits per heavy atom. The second-order valence-corrected chi connectivity index (χ2v) is 6.57. The Hall–Kier alpha value is -3.39. The van der Waals surface area contributed by atoms with E-state index in [0.29, 0.717) is 28.3 Å². The molecule has 0 N–H and O–H groups in total. The molecule has 0 aliphatic heterocycles. The molecule has 0 spiro atoms. The van der Waals surface area contributed by atoms with E-state index in [4.69, 9.17) is 0 Å². The highest BCUT2D eigenvalue weighted by atomic mass is 32.1. The number of carbonyl (C=O) groups is 1. The van der Waals surface area contributed by atoms with Crippen molar-refractivity contribution in [3.63, 3.8) is 0 Å². The molecular formula is C19H14FN5OS. The maximum atomic E-state index is 13.9. The van der Waals surface area contributed by atoms with Gasteiger partial charge in [0.15, 0.2) is 4.80 Å². The van der Waals surface area contributed by atoms with Crippen LogP contribution in [0.2, 0.25) is 0 Å². The Morgan fingerprint density at radius 2 is 2.07 bits per heavy atom. The van der Waals surface area contributed by atoms with E-state index in [9.17, 15) is 9.18 Å². The third-order valence-electron chi connectivity index (χ3n) is 3.92. The molecule has 0 saturated heterocycles. The van der Waals surface area contributed by atoms with E-state index in [1.165, 1.54) is 23.6 Å². The second-order valence-electron chi connectivity index (χ2n) is 5.70. The van der Waals surface area contributed by atoms with Gasteiger partial charge in [-0.05, 0) is 18.2 Å². The first kappa shape index (κ1) is 17.0. The van der Waals surface area contributed by atoms with Gasteiger partial charge in [-0.1, -0.05) is 18.2 Å². The van der Waals surface area contributed by atoms with E-state index in [1.807, 2.05) is 5.38 Å². The van der Waals surface area contributed by atoms with Crippen molar-refractivity contribution in [3.05, 3.63) is 94.6 Å². The minimum Gasteiger partial charge on any atom is -0.319 e. The molecule has 27 heavy (non-hydrogen) atoms. The van der Waals surface area contributed by atoms with Crippen LogP contribution < -0.4 is 4.80 Å². The Kier molecular flexibility index (Phi) is 4.71. The maximum absolute atomic E-state index is 13.9. The summed E-state index contributed by atoms with van der Waals surface area (Å²) in [4.78, 5) is 25.4. The lowest BCUT2D eigenvalue weighted by atomic mass is 10.2. The summed E-state index contributed by atoms with van der Waals surface area (Å²) in [5.74, 6) is -0.0213. The zero-order valence-corrected chi connectivity index (χ0v) is 14.9. The molecule has 4 aromatic rings. The summed E-state index contributed by atoms with van der Waals surface area (Å²) >= 11 is 1.32. The normalized spacial score (nSPS) is 11.7. The lowest BCUT2D eigenvalue weighted by molar-refractivity contribution is 0.0997. The molecule has 6 nitrogen and oxygen atoms in total. The van der Waals surface area contributed by atoms with Gasteiger partial charge < -0.3 is 4.57 Å². The Balaban J connectivity index is 1.58. The van der Waals surface area contributed by atoms with Crippen LogP contribution in [-0.4, -0.2) is 25.0 Å². The highest BCUT2D eigenvalue weighted by molar-refractivity contribution is 7.07. The Morgan fingerprint density at radius 1 is 1.19 bits per heavy atom. The lowest BCUT2D eigenvalue weighted by Crippen LogP contribution is -2.17. The smallest absolute Gasteiger partial charge is 0.281 e. The van der Waals surface area contributed by atoms with Crippen molar-refractivity contribution in [2.45, 2.75) is 6.54 Å².